The first-order chi connectivity index (χ1) is 12.0. The maximum atomic E-state index is 12.4. The smallest absolute Gasteiger partial charge is 0.301 e. The molecule has 1 heterocycles. The second-order valence-corrected chi connectivity index (χ2v) is 8.16. The third-order valence-corrected chi connectivity index (χ3v) is 5.97. The van der Waals surface area contributed by atoms with Crippen LogP contribution in [0.25, 0.3) is 0 Å². The summed E-state index contributed by atoms with van der Waals surface area (Å²) >= 11 is 0. The summed E-state index contributed by atoms with van der Waals surface area (Å²) in [4.78, 5) is 0. The lowest BCUT2D eigenvalue weighted by Gasteiger charge is -2.29. The van der Waals surface area contributed by atoms with Gasteiger partial charge in [0.25, 0.3) is 0 Å². The average molecular weight is 360 g/mol. The van der Waals surface area contributed by atoms with Crippen molar-refractivity contribution in [2.75, 3.05) is 17.8 Å². The van der Waals surface area contributed by atoms with Gasteiger partial charge in [0, 0.05) is 13.1 Å². The standard InChI is InChI=1S/C19H24N2O3S/c1-16-11-13-21(14-12-16)25(22,23)20-18-7-9-19(10-8-18)24-15-17-5-3-2-4-6-17/h2-10,16,20H,11-15H2,1H3. The minimum Gasteiger partial charge on any atom is -0.489 e. The van der Waals surface area contributed by atoms with Gasteiger partial charge in [0.05, 0.1) is 5.69 Å². The van der Waals surface area contributed by atoms with Gasteiger partial charge in [0.2, 0.25) is 0 Å². The molecular formula is C19H24N2O3S. The third-order valence-electron chi connectivity index (χ3n) is 4.43. The lowest BCUT2D eigenvalue weighted by atomic mass is 10.0. The number of hydrogen-bond donors (Lipinski definition) is 1. The maximum Gasteiger partial charge on any atom is 0.301 e. The van der Waals surface area contributed by atoms with Crippen molar-refractivity contribution in [1.29, 1.82) is 0 Å². The van der Waals surface area contributed by atoms with E-state index in [0.717, 1.165) is 18.4 Å². The number of anilines is 1. The molecule has 3 rings (SSSR count). The van der Waals surface area contributed by atoms with Crippen molar-refractivity contribution >= 4 is 15.9 Å². The van der Waals surface area contributed by atoms with Gasteiger partial charge in [-0.2, -0.15) is 12.7 Å². The topological polar surface area (TPSA) is 58.6 Å². The van der Waals surface area contributed by atoms with Gasteiger partial charge in [0.1, 0.15) is 12.4 Å². The summed E-state index contributed by atoms with van der Waals surface area (Å²) in [5, 5.41) is 0. The molecule has 1 fully saturated rings. The van der Waals surface area contributed by atoms with E-state index in [4.69, 9.17) is 4.74 Å². The predicted octanol–water partition coefficient (Wildman–Crippen LogP) is 3.65. The number of benzene rings is 2. The molecule has 0 saturated carbocycles. The monoisotopic (exact) mass is 360 g/mol. The molecule has 1 aliphatic rings. The molecule has 0 amide bonds. The van der Waals surface area contributed by atoms with Crippen LogP contribution in [0, 0.1) is 5.92 Å². The Kier molecular flexibility index (Phi) is 5.60. The van der Waals surface area contributed by atoms with E-state index >= 15 is 0 Å². The number of rotatable bonds is 6. The molecule has 2 aromatic rings. The Morgan fingerprint density at radius 2 is 1.68 bits per heavy atom. The van der Waals surface area contributed by atoms with Crippen LogP contribution in [0.4, 0.5) is 5.69 Å². The van der Waals surface area contributed by atoms with Crippen LogP contribution in [0.5, 0.6) is 5.75 Å². The van der Waals surface area contributed by atoms with Crippen LogP contribution in [0.15, 0.2) is 54.6 Å². The number of nitrogens with one attached hydrogen (secondary N) is 1. The molecule has 5 nitrogen and oxygen atoms in total. The Morgan fingerprint density at radius 3 is 2.32 bits per heavy atom. The SMILES string of the molecule is CC1CCN(S(=O)(=O)Nc2ccc(OCc3ccccc3)cc2)CC1. The van der Waals surface area contributed by atoms with E-state index in [1.807, 2.05) is 30.3 Å². The van der Waals surface area contributed by atoms with E-state index < -0.39 is 10.2 Å². The molecule has 0 aliphatic carbocycles. The summed E-state index contributed by atoms with van der Waals surface area (Å²) in [6.07, 6.45) is 1.82. The summed E-state index contributed by atoms with van der Waals surface area (Å²) in [5.41, 5.74) is 1.64. The molecule has 1 aliphatic heterocycles. The molecule has 134 valence electrons. The second-order valence-electron chi connectivity index (χ2n) is 6.49. The summed E-state index contributed by atoms with van der Waals surface area (Å²) in [6, 6.07) is 16.9. The van der Waals surface area contributed by atoms with Gasteiger partial charge in [-0.15, -0.1) is 0 Å². The molecule has 0 aromatic heterocycles. The predicted molar refractivity (Wildman–Crippen MR) is 99.7 cm³/mol. The first-order valence-corrected chi connectivity index (χ1v) is 10.0. The largest absolute Gasteiger partial charge is 0.489 e. The summed E-state index contributed by atoms with van der Waals surface area (Å²) in [6.45, 7) is 3.80. The van der Waals surface area contributed by atoms with Crippen molar-refractivity contribution in [3.63, 3.8) is 0 Å². The maximum absolute atomic E-state index is 12.4. The molecular weight excluding hydrogens is 336 g/mol. The zero-order valence-corrected chi connectivity index (χ0v) is 15.2. The number of nitrogens with zero attached hydrogens (tertiary/aromatic N) is 1. The van der Waals surface area contributed by atoms with Gasteiger partial charge in [-0.05, 0) is 48.6 Å². The first-order valence-electron chi connectivity index (χ1n) is 8.57. The van der Waals surface area contributed by atoms with E-state index in [0.29, 0.717) is 37.1 Å². The fraction of sp³-hybridized carbons (Fsp3) is 0.368. The van der Waals surface area contributed by atoms with E-state index in [2.05, 4.69) is 11.6 Å². The average Bonchev–Trinajstić information content (AvgIpc) is 2.62. The molecule has 25 heavy (non-hydrogen) atoms. The van der Waals surface area contributed by atoms with Crippen molar-refractivity contribution in [3.05, 3.63) is 60.2 Å². The highest BCUT2D eigenvalue weighted by molar-refractivity contribution is 7.90. The van der Waals surface area contributed by atoms with Crippen molar-refractivity contribution in [1.82, 2.24) is 4.31 Å². The first kappa shape index (κ1) is 17.8. The highest BCUT2D eigenvalue weighted by Crippen LogP contribution is 2.22. The molecule has 6 heteroatoms. The fourth-order valence-electron chi connectivity index (χ4n) is 2.80. The van der Waals surface area contributed by atoms with Gasteiger partial charge in [-0.1, -0.05) is 37.3 Å². The molecule has 0 radical (unpaired) electrons. The van der Waals surface area contributed by atoms with Gasteiger partial charge < -0.3 is 4.74 Å². The van der Waals surface area contributed by atoms with Crippen LogP contribution >= 0.6 is 0 Å². The molecule has 1 saturated heterocycles. The number of piperidine rings is 1. The number of hydrogen-bond acceptors (Lipinski definition) is 3. The zero-order chi connectivity index (χ0) is 17.7. The van der Waals surface area contributed by atoms with Crippen LogP contribution in [0.1, 0.15) is 25.3 Å². The Bertz CT molecular complexity index is 768. The highest BCUT2D eigenvalue weighted by Gasteiger charge is 2.26. The van der Waals surface area contributed by atoms with Gasteiger partial charge >= 0.3 is 10.2 Å². The van der Waals surface area contributed by atoms with E-state index in [1.54, 1.807) is 24.3 Å². The van der Waals surface area contributed by atoms with E-state index in [-0.39, 0.29) is 0 Å². The van der Waals surface area contributed by atoms with Gasteiger partial charge in [0.15, 0.2) is 0 Å². The van der Waals surface area contributed by atoms with Crippen molar-refractivity contribution in [3.8, 4) is 5.75 Å². The van der Waals surface area contributed by atoms with Crippen LogP contribution in [0.3, 0.4) is 0 Å². The minimum atomic E-state index is -3.49. The van der Waals surface area contributed by atoms with Crippen LogP contribution < -0.4 is 9.46 Å². The molecule has 0 bridgehead atoms. The third kappa shape index (κ3) is 4.96. The highest BCUT2D eigenvalue weighted by atomic mass is 32.2. The lowest BCUT2D eigenvalue weighted by molar-refractivity contribution is 0.289. The Labute approximate surface area is 149 Å². The summed E-state index contributed by atoms with van der Waals surface area (Å²) < 4.78 is 34.8. The van der Waals surface area contributed by atoms with Crippen LogP contribution in [-0.4, -0.2) is 25.8 Å². The van der Waals surface area contributed by atoms with Crippen molar-refractivity contribution in [2.24, 2.45) is 5.92 Å². The summed E-state index contributed by atoms with van der Waals surface area (Å²) in [5.74, 6) is 1.30. The van der Waals surface area contributed by atoms with Gasteiger partial charge in [-0.3, -0.25) is 4.72 Å². The summed E-state index contributed by atoms with van der Waals surface area (Å²) in [7, 11) is -3.49. The molecule has 2 aromatic carbocycles. The van der Waals surface area contributed by atoms with Gasteiger partial charge in [-0.25, -0.2) is 0 Å². The van der Waals surface area contributed by atoms with E-state index in [1.165, 1.54) is 4.31 Å². The second kappa shape index (κ2) is 7.89. The van der Waals surface area contributed by atoms with Crippen molar-refractivity contribution in [2.45, 2.75) is 26.4 Å². The van der Waals surface area contributed by atoms with Crippen LogP contribution in [0.2, 0.25) is 0 Å². The Balaban J connectivity index is 1.56. The zero-order valence-electron chi connectivity index (χ0n) is 14.4. The Morgan fingerprint density at radius 1 is 1.04 bits per heavy atom. The molecule has 0 atom stereocenters. The normalized spacial score (nSPS) is 16.5. The number of ether oxygens (including phenoxy) is 1. The minimum absolute atomic E-state index is 0.484. The molecule has 1 N–H and O–H groups in total. The lowest BCUT2D eigenvalue weighted by Crippen LogP contribution is -2.41. The quantitative estimate of drug-likeness (QED) is 0.855. The molecule has 0 unspecified atom stereocenters. The molecule has 0 spiro atoms. The van der Waals surface area contributed by atoms with E-state index in [9.17, 15) is 8.42 Å². The fourth-order valence-corrected chi connectivity index (χ4v) is 4.05. The Hall–Kier alpha value is -2.05. The van der Waals surface area contributed by atoms with Crippen molar-refractivity contribution < 1.29 is 13.2 Å². The van der Waals surface area contributed by atoms with Crippen LogP contribution in [-0.2, 0) is 16.8 Å².